The zero-order chi connectivity index (χ0) is 14.5. The molecule has 0 aromatic heterocycles. The maximum Gasteiger partial charge on any atom is 0.311 e. The molecular formula is C16H30O3. The molecule has 0 bridgehead atoms. The van der Waals surface area contributed by atoms with Crippen LogP contribution in [0.4, 0.5) is 0 Å². The Morgan fingerprint density at radius 1 is 1.37 bits per heavy atom. The van der Waals surface area contributed by atoms with Gasteiger partial charge in [-0.2, -0.15) is 0 Å². The van der Waals surface area contributed by atoms with Crippen molar-refractivity contribution in [2.75, 3.05) is 6.61 Å². The average Bonchev–Trinajstić information content (AvgIpc) is 2.36. The fraction of sp³-hybridized carbons (Fsp3) is 0.938. The van der Waals surface area contributed by atoms with Crippen LogP contribution in [0.2, 0.25) is 0 Å². The van der Waals surface area contributed by atoms with Crippen molar-refractivity contribution in [1.29, 1.82) is 0 Å². The maximum absolute atomic E-state index is 12.2. The molecule has 0 aromatic rings. The van der Waals surface area contributed by atoms with Gasteiger partial charge in [0.05, 0.1) is 18.1 Å². The molecule has 112 valence electrons. The summed E-state index contributed by atoms with van der Waals surface area (Å²) in [6, 6.07) is 0. The first kappa shape index (κ1) is 16.5. The zero-order valence-corrected chi connectivity index (χ0v) is 12.9. The highest BCUT2D eigenvalue weighted by Gasteiger charge is 2.49. The van der Waals surface area contributed by atoms with Crippen molar-refractivity contribution in [2.45, 2.75) is 71.8 Å². The van der Waals surface area contributed by atoms with Crippen LogP contribution in [0, 0.1) is 17.8 Å². The normalized spacial score (nSPS) is 29.3. The van der Waals surface area contributed by atoms with Gasteiger partial charge in [-0.3, -0.25) is 4.79 Å². The molecule has 1 aliphatic rings. The molecule has 3 nitrogen and oxygen atoms in total. The molecule has 1 fully saturated rings. The van der Waals surface area contributed by atoms with E-state index in [-0.39, 0.29) is 17.8 Å². The lowest BCUT2D eigenvalue weighted by molar-refractivity contribution is -0.171. The van der Waals surface area contributed by atoms with Crippen LogP contribution in [-0.2, 0) is 9.53 Å². The lowest BCUT2D eigenvalue weighted by Crippen LogP contribution is -2.52. The monoisotopic (exact) mass is 270 g/mol. The molecule has 3 heteroatoms. The van der Waals surface area contributed by atoms with Gasteiger partial charge in [0.25, 0.3) is 0 Å². The van der Waals surface area contributed by atoms with Gasteiger partial charge < -0.3 is 9.84 Å². The van der Waals surface area contributed by atoms with Crippen molar-refractivity contribution in [3.8, 4) is 0 Å². The summed E-state index contributed by atoms with van der Waals surface area (Å²) in [7, 11) is 0. The van der Waals surface area contributed by atoms with Gasteiger partial charge in [-0.1, -0.05) is 40.0 Å². The summed E-state index contributed by atoms with van der Waals surface area (Å²) < 4.78 is 5.20. The van der Waals surface area contributed by atoms with Gasteiger partial charge in [0.2, 0.25) is 0 Å². The number of rotatable bonds is 6. The van der Waals surface area contributed by atoms with E-state index in [0.717, 1.165) is 38.5 Å². The molecule has 0 aromatic carbocycles. The third-order valence-corrected chi connectivity index (χ3v) is 4.54. The number of carbonyl (C=O) groups is 1. The van der Waals surface area contributed by atoms with Crippen LogP contribution in [0.25, 0.3) is 0 Å². The Labute approximate surface area is 117 Å². The molecule has 1 aliphatic carbocycles. The Morgan fingerprint density at radius 3 is 2.58 bits per heavy atom. The second-order valence-corrected chi connectivity index (χ2v) is 6.18. The molecule has 19 heavy (non-hydrogen) atoms. The van der Waals surface area contributed by atoms with E-state index in [4.69, 9.17) is 4.74 Å². The Kier molecular flexibility index (Phi) is 6.31. The van der Waals surface area contributed by atoms with Gasteiger partial charge in [0.1, 0.15) is 0 Å². The molecule has 3 unspecified atom stereocenters. The predicted molar refractivity (Wildman–Crippen MR) is 76.8 cm³/mol. The van der Waals surface area contributed by atoms with E-state index in [9.17, 15) is 9.90 Å². The minimum Gasteiger partial charge on any atom is -0.466 e. The van der Waals surface area contributed by atoms with Crippen molar-refractivity contribution in [3.63, 3.8) is 0 Å². The molecule has 0 spiro atoms. The summed E-state index contributed by atoms with van der Waals surface area (Å²) >= 11 is 0. The second-order valence-electron chi connectivity index (χ2n) is 6.18. The fourth-order valence-corrected chi connectivity index (χ4v) is 3.65. The van der Waals surface area contributed by atoms with Gasteiger partial charge in [-0.05, 0) is 38.0 Å². The molecule has 3 atom stereocenters. The number of esters is 1. The van der Waals surface area contributed by atoms with Crippen molar-refractivity contribution >= 4 is 5.97 Å². The van der Waals surface area contributed by atoms with E-state index in [0.29, 0.717) is 12.5 Å². The summed E-state index contributed by atoms with van der Waals surface area (Å²) in [6.45, 7) is 8.57. The number of hydrogen-bond donors (Lipinski definition) is 1. The van der Waals surface area contributed by atoms with Crippen LogP contribution in [0.15, 0.2) is 0 Å². The number of hydrogen-bond acceptors (Lipinski definition) is 3. The second kappa shape index (κ2) is 7.28. The smallest absolute Gasteiger partial charge is 0.311 e. The first-order valence-corrected chi connectivity index (χ1v) is 7.86. The molecule has 0 saturated heterocycles. The van der Waals surface area contributed by atoms with Crippen LogP contribution < -0.4 is 0 Å². The third-order valence-electron chi connectivity index (χ3n) is 4.54. The van der Waals surface area contributed by atoms with Gasteiger partial charge in [-0.25, -0.2) is 0 Å². The largest absolute Gasteiger partial charge is 0.466 e. The Balaban J connectivity index is 2.97. The van der Waals surface area contributed by atoms with Crippen molar-refractivity contribution in [3.05, 3.63) is 0 Å². The van der Waals surface area contributed by atoms with Crippen LogP contribution >= 0.6 is 0 Å². The quantitative estimate of drug-likeness (QED) is 0.751. The molecule has 0 heterocycles. The van der Waals surface area contributed by atoms with Crippen LogP contribution in [0.3, 0.4) is 0 Å². The highest BCUT2D eigenvalue weighted by atomic mass is 16.5. The molecule has 0 aliphatic heterocycles. The molecule has 1 rings (SSSR count). The van der Waals surface area contributed by atoms with E-state index in [2.05, 4.69) is 20.8 Å². The zero-order valence-electron chi connectivity index (χ0n) is 12.9. The summed E-state index contributed by atoms with van der Waals surface area (Å²) in [4.78, 5) is 12.2. The van der Waals surface area contributed by atoms with E-state index in [1.165, 1.54) is 0 Å². The van der Waals surface area contributed by atoms with Crippen molar-refractivity contribution in [2.24, 2.45) is 17.8 Å². The third kappa shape index (κ3) is 3.71. The van der Waals surface area contributed by atoms with Crippen molar-refractivity contribution < 1.29 is 14.6 Å². The number of ether oxygens (including phenoxy) is 1. The first-order valence-electron chi connectivity index (χ1n) is 7.86. The van der Waals surface area contributed by atoms with E-state index >= 15 is 0 Å². The topological polar surface area (TPSA) is 46.5 Å². The van der Waals surface area contributed by atoms with E-state index in [1.807, 2.05) is 6.92 Å². The minimum atomic E-state index is -0.866. The van der Waals surface area contributed by atoms with Gasteiger partial charge in [-0.15, -0.1) is 0 Å². The SMILES string of the molecule is CCCC(C(=O)OCC)C1(O)CCCCC1C(C)C. The highest BCUT2D eigenvalue weighted by Crippen LogP contribution is 2.44. The van der Waals surface area contributed by atoms with Gasteiger partial charge in [0, 0.05) is 0 Å². The van der Waals surface area contributed by atoms with Crippen LogP contribution in [0.1, 0.15) is 66.2 Å². The summed E-state index contributed by atoms with van der Waals surface area (Å²) in [6.07, 6.45) is 5.55. The average molecular weight is 270 g/mol. The van der Waals surface area contributed by atoms with Gasteiger partial charge >= 0.3 is 5.97 Å². The molecule has 1 N–H and O–H groups in total. The lowest BCUT2D eigenvalue weighted by Gasteiger charge is -2.46. The Hall–Kier alpha value is -0.570. The molecule has 0 amide bonds. The molecule has 1 saturated carbocycles. The van der Waals surface area contributed by atoms with E-state index < -0.39 is 5.60 Å². The van der Waals surface area contributed by atoms with E-state index in [1.54, 1.807) is 0 Å². The maximum atomic E-state index is 12.2. The first-order chi connectivity index (χ1) is 8.97. The fourth-order valence-electron chi connectivity index (χ4n) is 3.65. The summed E-state index contributed by atoms with van der Waals surface area (Å²) in [5.74, 6) is 0.0471. The number of aliphatic hydroxyl groups is 1. The summed E-state index contributed by atoms with van der Waals surface area (Å²) in [5, 5.41) is 11.2. The standard InChI is InChI=1S/C16H30O3/c1-5-9-14(15(17)19-6-2)16(18)11-8-7-10-13(16)12(3)4/h12-14,18H,5-11H2,1-4H3. The Morgan fingerprint density at radius 2 is 2.05 bits per heavy atom. The van der Waals surface area contributed by atoms with Crippen LogP contribution in [0.5, 0.6) is 0 Å². The lowest BCUT2D eigenvalue weighted by atomic mass is 9.63. The van der Waals surface area contributed by atoms with Crippen LogP contribution in [-0.4, -0.2) is 23.3 Å². The highest BCUT2D eigenvalue weighted by molar-refractivity contribution is 5.74. The Bertz CT molecular complexity index is 288. The number of carbonyl (C=O) groups excluding carboxylic acids is 1. The minimum absolute atomic E-state index is 0.209. The molecular weight excluding hydrogens is 240 g/mol. The van der Waals surface area contributed by atoms with Gasteiger partial charge in [0.15, 0.2) is 0 Å². The predicted octanol–water partition coefficient (Wildman–Crippen LogP) is 3.54. The summed E-state index contributed by atoms with van der Waals surface area (Å²) in [5.41, 5.74) is -0.866. The van der Waals surface area contributed by atoms with Crippen molar-refractivity contribution in [1.82, 2.24) is 0 Å². The molecule has 0 radical (unpaired) electrons.